The van der Waals surface area contributed by atoms with E-state index in [1.165, 1.54) is 0 Å². The van der Waals surface area contributed by atoms with E-state index in [1.54, 1.807) is 6.92 Å². The van der Waals surface area contributed by atoms with Crippen LogP contribution in [0.25, 0.3) is 0 Å². The highest BCUT2D eigenvalue weighted by Crippen LogP contribution is 2.18. The Labute approximate surface area is 78.9 Å². The maximum Gasteiger partial charge on any atom is 0.306 e. The molecule has 0 fully saturated rings. The molecule has 0 saturated carbocycles. The van der Waals surface area contributed by atoms with Crippen molar-refractivity contribution < 1.29 is 9.90 Å². The van der Waals surface area contributed by atoms with Crippen molar-refractivity contribution in [2.45, 2.75) is 39.0 Å². The molecule has 72 valence electrons. The second kappa shape index (κ2) is 5.41. The molecule has 0 aromatic heterocycles. The molecule has 0 heterocycles. The molecule has 0 aliphatic heterocycles. The first-order chi connectivity index (χ1) is 5.43. The average Bonchev–Trinajstić information content (AvgIpc) is 1.84. The van der Waals surface area contributed by atoms with Crippen molar-refractivity contribution in [3.05, 3.63) is 0 Å². The van der Waals surface area contributed by atoms with Gasteiger partial charge in [0.2, 0.25) is 0 Å². The lowest BCUT2D eigenvalue weighted by Gasteiger charge is -2.13. The molecule has 12 heavy (non-hydrogen) atoms. The van der Waals surface area contributed by atoms with Gasteiger partial charge in [-0.1, -0.05) is 20.8 Å². The highest BCUT2D eigenvalue weighted by Gasteiger charge is 2.16. The smallest absolute Gasteiger partial charge is 0.306 e. The van der Waals surface area contributed by atoms with Crippen LogP contribution in [-0.2, 0) is 4.79 Å². The number of hydrogen-bond acceptors (Lipinski definition) is 1. The number of carboxylic acids is 1. The lowest BCUT2D eigenvalue weighted by molar-refractivity contribution is -0.141. The van der Waals surface area contributed by atoms with Gasteiger partial charge in [0.1, 0.15) is 0 Å². The molecule has 2 unspecified atom stereocenters. The van der Waals surface area contributed by atoms with Crippen molar-refractivity contribution in [3.63, 3.8) is 0 Å². The standard InChI is InChI=1S/C9H17ClO2/c1-6(2)4-8(10)5-7(3)9(11)12/h6-8H,4-5H2,1-3H3,(H,11,12). The molecule has 0 aromatic carbocycles. The van der Waals surface area contributed by atoms with Gasteiger partial charge in [-0.05, 0) is 18.8 Å². The van der Waals surface area contributed by atoms with E-state index in [-0.39, 0.29) is 11.3 Å². The first-order valence-electron chi connectivity index (χ1n) is 4.30. The summed E-state index contributed by atoms with van der Waals surface area (Å²) in [5.74, 6) is -0.552. The Hall–Kier alpha value is -0.240. The molecule has 0 bridgehead atoms. The fraction of sp³-hybridized carbons (Fsp3) is 0.889. The van der Waals surface area contributed by atoms with Crippen molar-refractivity contribution in [2.75, 3.05) is 0 Å². The van der Waals surface area contributed by atoms with Crippen LogP contribution in [0.3, 0.4) is 0 Å². The molecule has 2 nitrogen and oxygen atoms in total. The van der Waals surface area contributed by atoms with Gasteiger partial charge in [-0.25, -0.2) is 0 Å². The summed E-state index contributed by atoms with van der Waals surface area (Å²) in [5.41, 5.74) is 0. The fourth-order valence-electron chi connectivity index (χ4n) is 1.09. The van der Waals surface area contributed by atoms with Gasteiger partial charge in [-0.2, -0.15) is 0 Å². The summed E-state index contributed by atoms with van der Waals surface area (Å²) in [6, 6.07) is 0. The lowest BCUT2D eigenvalue weighted by Crippen LogP contribution is -2.16. The largest absolute Gasteiger partial charge is 0.481 e. The van der Waals surface area contributed by atoms with E-state index in [0.717, 1.165) is 6.42 Å². The van der Waals surface area contributed by atoms with Crippen LogP contribution >= 0.6 is 11.6 Å². The van der Waals surface area contributed by atoms with E-state index in [1.807, 2.05) is 0 Å². The normalized spacial score (nSPS) is 16.1. The second-order valence-corrected chi connectivity index (χ2v) is 4.32. The average molecular weight is 193 g/mol. The van der Waals surface area contributed by atoms with Gasteiger partial charge in [0.25, 0.3) is 0 Å². The van der Waals surface area contributed by atoms with Crippen molar-refractivity contribution in [2.24, 2.45) is 11.8 Å². The minimum absolute atomic E-state index is 0.00361. The first kappa shape index (κ1) is 11.8. The lowest BCUT2D eigenvalue weighted by atomic mass is 9.99. The summed E-state index contributed by atoms with van der Waals surface area (Å²) in [7, 11) is 0. The minimum atomic E-state index is -0.760. The predicted octanol–water partition coefficient (Wildman–Crippen LogP) is 2.75. The Morgan fingerprint density at radius 2 is 1.83 bits per heavy atom. The Morgan fingerprint density at radius 1 is 1.33 bits per heavy atom. The Balaban J connectivity index is 3.68. The predicted molar refractivity (Wildman–Crippen MR) is 50.5 cm³/mol. The third-order valence-corrected chi connectivity index (χ3v) is 2.11. The molecule has 1 N–H and O–H groups in total. The summed E-state index contributed by atoms with van der Waals surface area (Å²) in [5, 5.41) is 8.60. The molecule has 0 aliphatic carbocycles. The van der Waals surface area contributed by atoms with Crippen molar-refractivity contribution in [1.82, 2.24) is 0 Å². The molecule has 3 heteroatoms. The Morgan fingerprint density at radius 3 is 2.17 bits per heavy atom. The van der Waals surface area contributed by atoms with Gasteiger partial charge in [0, 0.05) is 5.38 Å². The number of rotatable bonds is 5. The number of hydrogen-bond donors (Lipinski definition) is 1. The van der Waals surface area contributed by atoms with Gasteiger partial charge in [0.15, 0.2) is 0 Å². The maximum atomic E-state index is 10.5. The molecular formula is C9H17ClO2. The van der Waals surface area contributed by atoms with Crippen molar-refractivity contribution in [3.8, 4) is 0 Å². The summed E-state index contributed by atoms with van der Waals surface area (Å²) in [6.07, 6.45) is 1.45. The van der Waals surface area contributed by atoms with Crippen LogP contribution in [0.15, 0.2) is 0 Å². The fourth-order valence-corrected chi connectivity index (χ4v) is 1.72. The van der Waals surface area contributed by atoms with Crippen LogP contribution in [0.2, 0.25) is 0 Å². The second-order valence-electron chi connectivity index (χ2n) is 3.70. The number of carboxylic acid groups (broad SMARTS) is 1. The zero-order valence-corrected chi connectivity index (χ0v) is 8.64. The molecule has 0 radical (unpaired) electrons. The highest BCUT2D eigenvalue weighted by atomic mass is 35.5. The molecule has 0 aliphatic rings. The van der Waals surface area contributed by atoms with Crippen LogP contribution in [-0.4, -0.2) is 16.5 Å². The van der Waals surface area contributed by atoms with Crippen LogP contribution in [0, 0.1) is 11.8 Å². The summed E-state index contributed by atoms with van der Waals surface area (Å²) >= 11 is 5.95. The van der Waals surface area contributed by atoms with E-state index < -0.39 is 5.97 Å². The zero-order chi connectivity index (χ0) is 9.72. The number of alkyl halides is 1. The van der Waals surface area contributed by atoms with Crippen LogP contribution in [0.1, 0.15) is 33.6 Å². The molecular weight excluding hydrogens is 176 g/mol. The first-order valence-corrected chi connectivity index (χ1v) is 4.74. The topological polar surface area (TPSA) is 37.3 Å². The van der Waals surface area contributed by atoms with E-state index in [9.17, 15) is 4.79 Å². The third-order valence-electron chi connectivity index (χ3n) is 1.76. The van der Waals surface area contributed by atoms with Crippen LogP contribution in [0.5, 0.6) is 0 Å². The zero-order valence-electron chi connectivity index (χ0n) is 7.88. The van der Waals surface area contributed by atoms with Gasteiger partial charge in [0.05, 0.1) is 5.92 Å². The van der Waals surface area contributed by atoms with E-state index in [4.69, 9.17) is 16.7 Å². The third kappa shape index (κ3) is 5.42. The van der Waals surface area contributed by atoms with E-state index in [0.29, 0.717) is 12.3 Å². The monoisotopic (exact) mass is 192 g/mol. The van der Waals surface area contributed by atoms with Gasteiger partial charge in [-0.3, -0.25) is 4.79 Å². The van der Waals surface area contributed by atoms with Crippen LogP contribution < -0.4 is 0 Å². The van der Waals surface area contributed by atoms with Gasteiger partial charge in [-0.15, -0.1) is 11.6 Å². The van der Waals surface area contributed by atoms with E-state index in [2.05, 4.69) is 13.8 Å². The Bertz CT molecular complexity index is 145. The molecule has 0 aromatic rings. The summed E-state index contributed by atoms with van der Waals surface area (Å²) in [4.78, 5) is 10.5. The van der Waals surface area contributed by atoms with Gasteiger partial charge < -0.3 is 5.11 Å². The van der Waals surface area contributed by atoms with Crippen molar-refractivity contribution >= 4 is 17.6 Å². The Kier molecular flexibility index (Phi) is 5.31. The van der Waals surface area contributed by atoms with Gasteiger partial charge >= 0.3 is 5.97 Å². The molecule has 2 atom stereocenters. The summed E-state index contributed by atoms with van der Waals surface area (Å²) < 4.78 is 0. The number of aliphatic carboxylic acids is 1. The maximum absolute atomic E-state index is 10.5. The molecule has 0 rings (SSSR count). The molecule has 0 amide bonds. The van der Waals surface area contributed by atoms with Crippen molar-refractivity contribution in [1.29, 1.82) is 0 Å². The highest BCUT2D eigenvalue weighted by molar-refractivity contribution is 6.20. The van der Waals surface area contributed by atoms with Crippen LogP contribution in [0.4, 0.5) is 0 Å². The minimum Gasteiger partial charge on any atom is -0.481 e. The number of carbonyl (C=O) groups is 1. The SMILES string of the molecule is CC(C)CC(Cl)CC(C)C(=O)O. The van der Waals surface area contributed by atoms with E-state index >= 15 is 0 Å². The summed E-state index contributed by atoms with van der Waals surface area (Å²) in [6.45, 7) is 5.86. The molecule has 0 saturated heterocycles. The quantitative estimate of drug-likeness (QED) is 0.681. The molecule has 0 spiro atoms. The number of halogens is 1.